The molecule has 23 heavy (non-hydrogen) atoms. The van der Waals surface area contributed by atoms with E-state index in [0.717, 1.165) is 17.0 Å². The molecule has 0 fully saturated rings. The summed E-state index contributed by atoms with van der Waals surface area (Å²) in [6.45, 7) is 3.90. The van der Waals surface area contributed by atoms with Crippen molar-refractivity contribution in [1.29, 1.82) is 0 Å². The van der Waals surface area contributed by atoms with Crippen LogP contribution in [0.2, 0.25) is 0 Å². The summed E-state index contributed by atoms with van der Waals surface area (Å²) in [5, 5.41) is 4.70. The highest BCUT2D eigenvalue weighted by Crippen LogP contribution is 2.32. The van der Waals surface area contributed by atoms with Crippen LogP contribution < -0.4 is 5.32 Å². The largest absolute Gasteiger partial charge is 0.416 e. The number of benzene rings is 1. The Hall–Kier alpha value is -1.82. The fourth-order valence-corrected chi connectivity index (χ4v) is 2.88. The summed E-state index contributed by atoms with van der Waals surface area (Å²) >= 11 is 1.50. The molecular formula is C17H18F3NOS. The van der Waals surface area contributed by atoms with E-state index < -0.39 is 17.2 Å². The maximum absolute atomic E-state index is 12.8. The normalized spacial score (nSPS) is 12.2. The summed E-state index contributed by atoms with van der Waals surface area (Å²) < 4.78 is 38.4. The second-order valence-corrected chi connectivity index (χ2v) is 7.03. The Morgan fingerprint density at radius 2 is 1.83 bits per heavy atom. The van der Waals surface area contributed by atoms with Crippen molar-refractivity contribution in [3.63, 3.8) is 0 Å². The third-order valence-corrected chi connectivity index (χ3v) is 4.49. The Balaban J connectivity index is 2.02. The van der Waals surface area contributed by atoms with Gasteiger partial charge in [0.1, 0.15) is 0 Å². The second-order valence-electron chi connectivity index (χ2n) is 6.00. The lowest BCUT2D eigenvalue weighted by Crippen LogP contribution is -2.37. The number of carbonyl (C=O) groups excluding carboxylic acids is 1. The molecule has 0 saturated heterocycles. The number of rotatable bonds is 5. The summed E-state index contributed by atoms with van der Waals surface area (Å²) in [6.07, 6.45) is -4.08. The van der Waals surface area contributed by atoms with E-state index in [-0.39, 0.29) is 18.9 Å². The molecule has 0 aliphatic heterocycles. The van der Waals surface area contributed by atoms with Gasteiger partial charge in [0.2, 0.25) is 5.91 Å². The molecule has 0 spiro atoms. The molecular weight excluding hydrogens is 323 g/mol. The molecule has 124 valence electrons. The number of nitrogens with one attached hydrogen (secondary N) is 1. The van der Waals surface area contributed by atoms with E-state index in [1.54, 1.807) is 6.07 Å². The van der Waals surface area contributed by atoms with E-state index in [1.807, 2.05) is 31.4 Å². The minimum absolute atomic E-state index is 0.132. The Labute approximate surface area is 137 Å². The van der Waals surface area contributed by atoms with Crippen molar-refractivity contribution in [2.45, 2.75) is 31.9 Å². The Morgan fingerprint density at radius 3 is 2.43 bits per heavy atom. The molecule has 0 aliphatic rings. The van der Waals surface area contributed by atoms with Crippen molar-refractivity contribution >= 4 is 17.2 Å². The van der Waals surface area contributed by atoms with Crippen LogP contribution in [0.3, 0.4) is 0 Å². The van der Waals surface area contributed by atoms with Crippen molar-refractivity contribution in [1.82, 2.24) is 5.32 Å². The molecule has 0 unspecified atom stereocenters. The molecule has 2 nitrogen and oxygen atoms in total. The van der Waals surface area contributed by atoms with E-state index in [1.165, 1.54) is 17.4 Å². The summed E-state index contributed by atoms with van der Waals surface area (Å²) in [6, 6.07) is 9.00. The SMILES string of the molecule is CC(C)(CNC(=O)Cc1cccs1)c1cccc(C(F)(F)F)c1. The van der Waals surface area contributed by atoms with Gasteiger partial charge < -0.3 is 5.32 Å². The molecule has 0 atom stereocenters. The monoisotopic (exact) mass is 341 g/mol. The van der Waals surface area contributed by atoms with Gasteiger partial charge in [-0.25, -0.2) is 0 Å². The third kappa shape index (κ3) is 4.82. The van der Waals surface area contributed by atoms with Gasteiger partial charge >= 0.3 is 6.18 Å². The van der Waals surface area contributed by atoms with Crippen molar-refractivity contribution in [3.05, 3.63) is 57.8 Å². The molecule has 1 aromatic heterocycles. The summed E-state index contributed by atoms with van der Waals surface area (Å²) in [5.74, 6) is -0.132. The molecule has 1 aromatic carbocycles. The Kier molecular flexibility index (Phi) is 5.14. The number of carbonyl (C=O) groups is 1. The first-order valence-electron chi connectivity index (χ1n) is 7.15. The topological polar surface area (TPSA) is 29.1 Å². The molecule has 0 saturated carbocycles. The highest BCUT2D eigenvalue weighted by molar-refractivity contribution is 7.10. The first-order chi connectivity index (χ1) is 10.7. The van der Waals surface area contributed by atoms with Crippen molar-refractivity contribution < 1.29 is 18.0 Å². The molecule has 6 heteroatoms. The lowest BCUT2D eigenvalue weighted by atomic mass is 9.83. The lowest BCUT2D eigenvalue weighted by Gasteiger charge is -2.26. The molecule has 1 amide bonds. The molecule has 0 aliphatic carbocycles. The molecule has 2 aromatic rings. The fourth-order valence-electron chi connectivity index (χ4n) is 2.17. The number of halogens is 3. The van der Waals surface area contributed by atoms with E-state index in [2.05, 4.69) is 5.32 Å². The quantitative estimate of drug-likeness (QED) is 0.858. The number of hydrogen-bond acceptors (Lipinski definition) is 2. The summed E-state index contributed by atoms with van der Waals surface area (Å²) in [7, 11) is 0. The van der Waals surface area contributed by atoms with Crippen LogP contribution in [0.5, 0.6) is 0 Å². The highest BCUT2D eigenvalue weighted by Gasteiger charge is 2.32. The summed E-state index contributed by atoms with van der Waals surface area (Å²) in [4.78, 5) is 12.9. The van der Waals surface area contributed by atoms with Crippen molar-refractivity contribution in [3.8, 4) is 0 Å². The van der Waals surface area contributed by atoms with Gasteiger partial charge in [-0.2, -0.15) is 13.2 Å². The van der Waals surface area contributed by atoms with E-state index in [9.17, 15) is 18.0 Å². The maximum atomic E-state index is 12.8. The minimum Gasteiger partial charge on any atom is -0.355 e. The van der Waals surface area contributed by atoms with E-state index in [0.29, 0.717) is 5.56 Å². The van der Waals surface area contributed by atoms with Gasteiger partial charge in [-0.3, -0.25) is 4.79 Å². The molecule has 1 heterocycles. The van der Waals surface area contributed by atoms with Crippen LogP contribution in [-0.2, 0) is 22.8 Å². The molecule has 2 rings (SSSR count). The number of alkyl halides is 3. The van der Waals surface area contributed by atoms with Crippen LogP contribution in [-0.4, -0.2) is 12.5 Å². The van der Waals surface area contributed by atoms with Gasteiger partial charge in [-0.05, 0) is 23.1 Å². The van der Waals surface area contributed by atoms with Crippen LogP contribution >= 0.6 is 11.3 Å². The van der Waals surface area contributed by atoms with Gasteiger partial charge in [-0.15, -0.1) is 11.3 Å². The predicted molar refractivity (Wildman–Crippen MR) is 85.5 cm³/mol. The molecule has 0 bridgehead atoms. The van der Waals surface area contributed by atoms with Crippen LogP contribution in [0.4, 0.5) is 13.2 Å². The van der Waals surface area contributed by atoms with Crippen LogP contribution in [0, 0.1) is 0 Å². The highest BCUT2D eigenvalue weighted by atomic mass is 32.1. The Bertz CT molecular complexity index is 663. The van der Waals surface area contributed by atoms with Crippen molar-refractivity contribution in [2.75, 3.05) is 6.54 Å². The number of amides is 1. The van der Waals surface area contributed by atoms with Crippen LogP contribution in [0.15, 0.2) is 41.8 Å². The average molecular weight is 341 g/mol. The minimum atomic E-state index is -4.37. The first-order valence-corrected chi connectivity index (χ1v) is 8.03. The fraction of sp³-hybridized carbons (Fsp3) is 0.353. The zero-order valence-electron chi connectivity index (χ0n) is 12.9. The molecule has 1 N–H and O–H groups in total. The Morgan fingerprint density at radius 1 is 1.13 bits per heavy atom. The van der Waals surface area contributed by atoms with E-state index >= 15 is 0 Å². The zero-order valence-corrected chi connectivity index (χ0v) is 13.7. The zero-order chi connectivity index (χ0) is 17.1. The lowest BCUT2D eigenvalue weighted by molar-refractivity contribution is -0.137. The predicted octanol–water partition coefficient (Wildman–Crippen LogP) is 4.40. The maximum Gasteiger partial charge on any atom is 0.416 e. The van der Waals surface area contributed by atoms with Gasteiger partial charge in [0, 0.05) is 16.8 Å². The van der Waals surface area contributed by atoms with Crippen LogP contribution in [0.25, 0.3) is 0 Å². The van der Waals surface area contributed by atoms with Crippen molar-refractivity contribution in [2.24, 2.45) is 0 Å². The molecule has 0 radical (unpaired) electrons. The smallest absolute Gasteiger partial charge is 0.355 e. The second kappa shape index (κ2) is 6.74. The standard InChI is InChI=1S/C17H18F3NOS/c1-16(2,11-21-15(22)10-14-7-4-8-23-14)12-5-3-6-13(9-12)17(18,19)20/h3-9H,10-11H2,1-2H3,(H,21,22). The third-order valence-electron chi connectivity index (χ3n) is 3.61. The van der Waals surface area contributed by atoms with E-state index in [4.69, 9.17) is 0 Å². The van der Waals surface area contributed by atoms with Gasteiger partial charge in [0.05, 0.1) is 12.0 Å². The van der Waals surface area contributed by atoms with Crippen LogP contribution in [0.1, 0.15) is 29.9 Å². The average Bonchev–Trinajstić information content (AvgIpc) is 2.97. The summed E-state index contributed by atoms with van der Waals surface area (Å²) in [5.41, 5.74) is -0.719. The number of thiophene rings is 1. The first kappa shape index (κ1) is 17.5. The van der Waals surface area contributed by atoms with Gasteiger partial charge in [0.15, 0.2) is 0 Å². The number of hydrogen-bond donors (Lipinski definition) is 1. The van der Waals surface area contributed by atoms with Gasteiger partial charge in [0.25, 0.3) is 0 Å². The van der Waals surface area contributed by atoms with Gasteiger partial charge in [-0.1, -0.05) is 38.1 Å².